The first-order valence-electron chi connectivity index (χ1n) is 25.9. The lowest BCUT2D eigenvalue weighted by molar-refractivity contribution is -0.142. The minimum atomic E-state index is -0.756. The summed E-state index contributed by atoms with van der Waals surface area (Å²) in [5.41, 5.74) is 4.39. The topological polar surface area (TPSA) is 129 Å². The number of amides is 2. The fourth-order valence-corrected chi connectivity index (χ4v) is 9.83. The highest BCUT2D eigenvalue weighted by Gasteiger charge is 2.41. The van der Waals surface area contributed by atoms with Gasteiger partial charge >= 0.3 is 0 Å². The first-order chi connectivity index (χ1) is 31.7. The van der Waals surface area contributed by atoms with Gasteiger partial charge in [0.05, 0.1) is 24.4 Å². The van der Waals surface area contributed by atoms with Gasteiger partial charge in [-0.1, -0.05) is 177 Å². The molecule has 2 amide bonds. The van der Waals surface area contributed by atoms with Crippen LogP contribution in [0.15, 0.2) is 72.8 Å². The fraction of sp³-hybridized carbons (Fsp3) is 0.643. The van der Waals surface area contributed by atoms with Gasteiger partial charge in [0, 0.05) is 24.6 Å². The van der Waals surface area contributed by atoms with Gasteiger partial charge in [-0.2, -0.15) is 0 Å². The lowest BCUT2D eigenvalue weighted by Crippen LogP contribution is -2.55. The number of carbonyl (C=O) groups excluding carboxylic acids is 2. The molecule has 0 saturated carbocycles. The SMILES string of the molecule is CCCCCCCC[C@@H](C)C[C@H](O)[C@@H](O)CC[C@@H](O)CCCCCCCCCCCCC(=O)N[C@H]1CC[C@@H]2c3c(cc(OCc4ccccc4)cc3OCc3ccccc3)CCN2C1=O. The number of piperidine rings is 1. The van der Waals surface area contributed by atoms with Gasteiger partial charge in [0.2, 0.25) is 11.8 Å². The standard InChI is InChI=1S/C56H84N2O7/c1-3-4-5-6-13-18-25-43(2)38-52(61)51(60)35-32-47(59)30-23-14-11-9-7-8-10-12-15-24-31-54(62)57-49-33-34-50-55-46(36-37-58(50)56(49)63)39-48(64-41-44-26-19-16-20-27-44)40-53(55)65-42-45-28-21-17-22-29-45/h16-17,19-22,26-29,39-40,43,47,49-52,59-61H,3-15,18,23-25,30-38,41-42H2,1-2H3,(H,57,62)/t43-,47+,49+,50-,51+,52+/m1/s1. The molecule has 1 fully saturated rings. The van der Waals surface area contributed by atoms with Crippen molar-refractivity contribution < 1.29 is 34.4 Å². The third-order valence-electron chi connectivity index (χ3n) is 13.8. The van der Waals surface area contributed by atoms with E-state index in [2.05, 4.69) is 49.5 Å². The highest BCUT2D eigenvalue weighted by molar-refractivity contribution is 5.89. The highest BCUT2D eigenvalue weighted by Crippen LogP contribution is 2.44. The van der Waals surface area contributed by atoms with Crippen LogP contribution in [0.4, 0.5) is 0 Å². The summed E-state index contributed by atoms with van der Waals surface area (Å²) < 4.78 is 12.8. The van der Waals surface area contributed by atoms with E-state index in [0.29, 0.717) is 64.2 Å². The van der Waals surface area contributed by atoms with E-state index in [4.69, 9.17) is 9.47 Å². The van der Waals surface area contributed by atoms with Crippen LogP contribution in [0.2, 0.25) is 0 Å². The highest BCUT2D eigenvalue weighted by atomic mass is 16.5. The summed E-state index contributed by atoms with van der Waals surface area (Å²) in [5, 5.41) is 34.5. The van der Waals surface area contributed by atoms with E-state index in [0.717, 1.165) is 85.1 Å². The number of nitrogens with zero attached hydrogens (tertiary/aromatic N) is 1. The molecule has 2 heterocycles. The molecule has 0 radical (unpaired) electrons. The van der Waals surface area contributed by atoms with E-state index in [-0.39, 0.29) is 17.9 Å². The molecule has 3 aromatic carbocycles. The molecule has 65 heavy (non-hydrogen) atoms. The Labute approximate surface area is 392 Å². The van der Waals surface area contributed by atoms with Gasteiger partial charge in [0.1, 0.15) is 30.8 Å². The van der Waals surface area contributed by atoms with Crippen LogP contribution in [0.1, 0.15) is 196 Å². The second kappa shape index (κ2) is 29.7. The van der Waals surface area contributed by atoms with Crippen molar-refractivity contribution in [2.75, 3.05) is 6.54 Å². The Bertz CT molecular complexity index is 1770. The molecular formula is C56H84N2O7. The molecule has 2 aliphatic heterocycles. The average molecular weight is 897 g/mol. The van der Waals surface area contributed by atoms with Crippen molar-refractivity contribution in [2.45, 2.75) is 218 Å². The molecule has 6 atom stereocenters. The number of carbonyl (C=O) groups is 2. The largest absolute Gasteiger partial charge is 0.489 e. The monoisotopic (exact) mass is 897 g/mol. The van der Waals surface area contributed by atoms with Crippen LogP contribution in [0.25, 0.3) is 0 Å². The Hall–Kier alpha value is -3.92. The third kappa shape index (κ3) is 18.7. The molecule has 360 valence electrons. The van der Waals surface area contributed by atoms with E-state index >= 15 is 0 Å². The maximum Gasteiger partial charge on any atom is 0.245 e. The number of benzene rings is 3. The summed E-state index contributed by atoms with van der Waals surface area (Å²) in [6.07, 6.45) is 22.8. The number of fused-ring (bicyclic) bond motifs is 3. The molecule has 0 aromatic heterocycles. The summed E-state index contributed by atoms with van der Waals surface area (Å²) in [5.74, 6) is 1.89. The molecule has 0 aliphatic carbocycles. The number of aliphatic hydroxyl groups is 3. The summed E-state index contributed by atoms with van der Waals surface area (Å²) in [6, 6.07) is 23.7. The van der Waals surface area contributed by atoms with Gasteiger partial charge in [-0.05, 0) is 80.0 Å². The lowest BCUT2D eigenvalue weighted by atomic mass is 9.84. The zero-order valence-corrected chi connectivity index (χ0v) is 40.1. The van der Waals surface area contributed by atoms with Crippen molar-refractivity contribution in [2.24, 2.45) is 5.92 Å². The van der Waals surface area contributed by atoms with Crippen LogP contribution in [-0.2, 0) is 29.2 Å². The van der Waals surface area contributed by atoms with Crippen LogP contribution < -0.4 is 14.8 Å². The second-order valence-electron chi connectivity index (χ2n) is 19.4. The minimum absolute atomic E-state index is 0.0000499. The smallest absolute Gasteiger partial charge is 0.245 e. The molecule has 9 heteroatoms. The molecule has 0 spiro atoms. The quantitative estimate of drug-likeness (QED) is 0.0448. The molecule has 0 bridgehead atoms. The maximum absolute atomic E-state index is 13.9. The Kier molecular flexibility index (Phi) is 23.8. The van der Waals surface area contributed by atoms with Crippen LogP contribution in [0.5, 0.6) is 11.5 Å². The molecule has 3 aromatic rings. The van der Waals surface area contributed by atoms with Crippen molar-refractivity contribution in [3.8, 4) is 11.5 Å². The van der Waals surface area contributed by atoms with Gasteiger partial charge in [-0.15, -0.1) is 0 Å². The van der Waals surface area contributed by atoms with Crippen molar-refractivity contribution in [3.63, 3.8) is 0 Å². The molecule has 0 unspecified atom stereocenters. The Balaban J connectivity index is 0.904. The number of unbranched alkanes of at least 4 members (excludes halogenated alkanes) is 14. The third-order valence-corrected chi connectivity index (χ3v) is 13.8. The van der Waals surface area contributed by atoms with E-state index in [1.807, 2.05) is 47.4 Å². The number of hydrogen-bond acceptors (Lipinski definition) is 7. The molecule has 2 aliphatic rings. The van der Waals surface area contributed by atoms with Crippen molar-refractivity contribution in [1.29, 1.82) is 0 Å². The van der Waals surface area contributed by atoms with Gasteiger partial charge in [0.25, 0.3) is 0 Å². The van der Waals surface area contributed by atoms with Crippen LogP contribution in [0, 0.1) is 5.92 Å². The van der Waals surface area contributed by atoms with Gasteiger partial charge in [-0.25, -0.2) is 0 Å². The Morgan fingerprint density at radius 2 is 1.28 bits per heavy atom. The maximum atomic E-state index is 13.9. The van der Waals surface area contributed by atoms with E-state index in [1.54, 1.807) is 0 Å². The van der Waals surface area contributed by atoms with Gasteiger partial charge in [0.15, 0.2) is 0 Å². The number of ether oxygens (including phenoxy) is 2. The summed E-state index contributed by atoms with van der Waals surface area (Å²) in [6.45, 7) is 5.89. The molecule has 4 N–H and O–H groups in total. The van der Waals surface area contributed by atoms with Crippen LogP contribution >= 0.6 is 0 Å². The minimum Gasteiger partial charge on any atom is -0.489 e. The first-order valence-corrected chi connectivity index (χ1v) is 25.9. The molecule has 5 rings (SSSR count). The van der Waals surface area contributed by atoms with Crippen molar-refractivity contribution in [1.82, 2.24) is 10.2 Å². The van der Waals surface area contributed by atoms with E-state index in [1.165, 1.54) is 70.6 Å². The fourth-order valence-electron chi connectivity index (χ4n) is 9.83. The molecule has 1 saturated heterocycles. The summed E-state index contributed by atoms with van der Waals surface area (Å²) >= 11 is 0. The number of aliphatic hydroxyl groups excluding tert-OH is 3. The van der Waals surface area contributed by atoms with Crippen LogP contribution in [0.3, 0.4) is 0 Å². The summed E-state index contributed by atoms with van der Waals surface area (Å²) in [4.78, 5) is 28.9. The number of rotatable bonds is 33. The molecule has 9 nitrogen and oxygen atoms in total. The second-order valence-corrected chi connectivity index (χ2v) is 19.4. The Morgan fingerprint density at radius 1 is 0.692 bits per heavy atom. The normalized spacial score (nSPS) is 17.7. The molecular weight excluding hydrogens is 813 g/mol. The predicted octanol–water partition coefficient (Wildman–Crippen LogP) is 11.9. The predicted molar refractivity (Wildman–Crippen MR) is 262 cm³/mol. The van der Waals surface area contributed by atoms with Gasteiger partial charge < -0.3 is 35.0 Å². The zero-order valence-electron chi connectivity index (χ0n) is 40.1. The number of hydrogen-bond donors (Lipinski definition) is 4. The van der Waals surface area contributed by atoms with Gasteiger partial charge in [-0.3, -0.25) is 9.59 Å². The number of nitrogens with one attached hydrogen (secondary N) is 1. The lowest BCUT2D eigenvalue weighted by Gasteiger charge is -2.44. The average Bonchev–Trinajstić information content (AvgIpc) is 3.32. The summed E-state index contributed by atoms with van der Waals surface area (Å²) in [7, 11) is 0. The van der Waals surface area contributed by atoms with E-state index < -0.39 is 24.4 Å². The van der Waals surface area contributed by atoms with Crippen LogP contribution in [-0.4, -0.2) is 62.9 Å². The van der Waals surface area contributed by atoms with Crippen molar-refractivity contribution >= 4 is 11.8 Å². The first kappa shape index (κ1) is 52.1. The van der Waals surface area contributed by atoms with E-state index in [9.17, 15) is 24.9 Å². The Morgan fingerprint density at radius 3 is 1.92 bits per heavy atom. The van der Waals surface area contributed by atoms with Crippen molar-refractivity contribution in [3.05, 3.63) is 95.1 Å². The zero-order chi connectivity index (χ0) is 46.1.